The van der Waals surface area contributed by atoms with E-state index in [0.29, 0.717) is 19.8 Å². The van der Waals surface area contributed by atoms with E-state index in [1.54, 1.807) is 0 Å². The van der Waals surface area contributed by atoms with Crippen LogP contribution in [0.2, 0.25) is 0 Å². The lowest BCUT2D eigenvalue weighted by atomic mass is 10.0. The summed E-state index contributed by atoms with van der Waals surface area (Å²) in [5, 5.41) is 13.3. The van der Waals surface area contributed by atoms with E-state index < -0.39 is 5.60 Å². The predicted octanol–water partition coefficient (Wildman–Crippen LogP) is 1.69. The lowest BCUT2D eigenvalue weighted by Gasteiger charge is -2.20. The number of hydrogen-bond donors (Lipinski definition) is 2. The average Bonchev–Trinajstić information content (AvgIpc) is 2.65. The molecule has 1 heterocycles. The van der Waals surface area contributed by atoms with E-state index in [2.05, 4.69) is 33.4 Å². The maximum absolute atomic E-state index is 10.0. The number of ether oxygens (including phenoxy) is 1. The molecule has 1 aromatic rings. The van der Waals surface area contributed by atoms with Crippen molar-refractivity contribution in [2.45, 2.75) is 18.6 Å². The maximum Gasteiger partial charge on any atom is 0.102 e. The number of hydrogen-bond acceptors (Lipinski definition) is 3. The highest BCUT2D eigenvalue weighted by Crippen LogP contribution is 2.17. The van der Waals surface area contributed by atoms with Crippen LogP contribution in [0.15, 0.2) is 28.7 Å². The van der Waals surface area contributed by atoms with E-state index in [4.69, 9.17) is 4.74 Å². The number of aliphatic hydroxyl groups is 1. The van der Waals surface area contributed by atoms with Crippen LogP contribution in [-0.4, -0.2) is 30.5 Å². The second kappa shape index (κ2) is 5.27. The van der Waals surface area contributed by atoms with Gasteiger partial charge in [-0.15, -0.1) is 0 Å². The van der Waals surface area contributed by atoms with Crippen molar-refractivity contribution in [1.82, 2.24) is 5.32 Å². The van der Waals surface area contributed by atoms with E-state index in [1.165, 1.54) is 5.56 Å². The van der Waals surface area contributed by atoms with E-state index in [0.717, 1.165) is 17.4 Å². The largest absolute Gasteiger partial charge is 0.386 e. The first-order chi connectivity index (χ1) is 7.68. The summed E-state index contributed by atoms with van der Waals surface area (Å²) in [5.41, 5.74) is 0.531. The summed E-state index contributed by atoms with van der Waals surface area (Å²) < 4.78 is 6.26. The van der Waals surface area contributed by atoms with Crippen LogP contribution in [0.5, 0.6) is 0 Å². The molecular weight excluding hydrogens is 270 g/mol. The molecule has 3 nitrogen and oxygen atoms in total. The van der Waals surface area contributed by atoms with Gasteiger partial charge in [0.1, 0.15) is 5.60 Å². The fraction of sp³-hybridized carbons (Fsp3) is 0.500. The highest BCUT2D eigenvalue weighted by molar-refractivity contribution is 9.10. The number of halogens is 1. The summed E-state index contributed by atoms with van der Waals surface area (Å²) in [6.07, 6.45) is 0.721. The van der Waals surface area contributed by atoms with Crippen molar-refractivity contribution in [3.8, 4) is 0 Å². The van der Waals surface area contributed by atoms with Gasteiger partial charge >= 0.3 is 0 Å². The topological polar surface area (TPSA) is 41.5 Å². The average molecular weight is 286 g/mol. The molecule has 1 aliphatic heterocycles. The number of benzene rings is 1. The van der Waals surface area contributed by atoms with Crippen LogP contribution in [0.1, 0.15) is 12.0 Å². The standard InChI is InChI=1S/C12H16BrNO2/c13-11-3-1-2-10(6-11)7-14-8-12(15)4-5-16-9-12/h1-3,6,14-15H,4-5,7-9H2. The highest BCUT2D eigenvalue weighted by atomic mass is 79.9. The van der Waals surface area contributed by atoms with Crippen LogP contribution >= 0.6 is 15.9 Å². The van der Waals surface area contributed by atoms with E-state index >= 15 is 0 Å². The molecule has 1 fully saturated rings. The van der Waals surface area contributed by atoms with Gasteiger partial charge in [-0.05, 0) is 17.7 Å². The molecule has 88 valence electrons. The summed E-state index contributed by atoms with van der Waals surface area (Å²) in [6.45, 7) is 2.45. The fourth-order valence-corrected chi connectivity index (χ4v) is 2.27. The van der Waals surface area contributed by atoms with Gasteiger partial charge in [0, 0.05) is 30.6 Å². The maximum atomic E-state index is 10.0. The molecule has 4 heteroatoms. The minimum atomic E-state index is -0.675. The van der Waals surface area contributed by atoms with E-state index in [9.17, 15) is 5.11 Å². The van der Waals surface area contributed by atoms with Crippen molar-refractivity contribution in [2.75, 3.05) is 19.8 Å². The first kappa shape index (κ1) is 12.0. The van der Waals surface area contributed by atoms with Gasteiger partial charge in [0.25, 0.3) is 0 Å². The van der Waals surface area contributed by atoms with Gasteiger partial charge in [-0.3, -0.25) is 0 Å². The van der Waals surface area contributed by atoms with Crippen LogP contribution < -0.4 is 5.32 Å². The molecule has 1 atom stereocenters. The van der Waals surface area contributed by atoms with Crippen molar-refractivity contribution >= 4 is 15.9 Å². The van der Waals surface area contributed by atoms with Crippen molar-refractivity contribution in [1.29, 1.82) is 0 Å². The molecule has 1 aromatic carbocycles. The number of nitrogens with one attached hydrogen (secondary N) is 1. The van der Waals surface area contributed by atoms with Crippen LogP contribution in [-0.2, 0) is 11.3 Å². The third-order valence-electron chi connectivity index (χ3n) is 2.75. The zero-order valence-electron chi connectivity index (χ0n) is 9.08. The highest BCUT2D eigenvalue weighted by Gasteiger charge is 2.31. The Morgan fingerprint density at radius 2 is 2.38 bits per heavy atom. The van der Waals surface area contributed by atoms with E-state index in [-0.39, 0.29) is 0 Å². The van der Waals surface area contributed by atoms with Crippen LogP contribution in [0.3, 0.4) is 0 Å². The Kier molecular flexibility index (Phi) is 3.97. The predicted molar refractivity (Wildman–Crippen MR) is 66.2 cm³/mol. The molecule has 0 amide bonds. The Labute approximate surface area is 104 Å². The molecule has 0 aliphatic carbocycles. The summed E-state index contributed by atoms with van der Waals surface area (Å²) in [4.78, 5) is 0. The zero-order valence-corrected chi connectivity index (χ0v) is 10.7. The summed E-state index contributed by atoms with van der Waals surface area (Å²) in [5.74, 6) is 0. The molecule has 0 aromatic heterocycles. The molecule has 16 heavy (non-hydrogen) atoms. The molecule has 0 bridgehead atoms. The molecule has 1 unspecified atom stereocenters. The van der Waals surface area contributed by atoms with Crippen molar-refractivity contribution in [3.63, 3.8) is 0 Å². The Morgan fingerprint density at radius 1 is 1.50 bits per heavy atom. The third kappa shape index (κ3) is 3.28. The SMILES string of the molecule is OC1(CNCc2cccc(Br)c2)CCOC1. The van der Waals surface area contributed by atoms with Crippen molar-refractivity contribution in [2.24, 2.45) is 0 Å². The van der Waals surface area contributed by atoms with Crippen LogP contribution in [0.25, 0.3) is 0 Å². The Balaban J connectivity index is 1.79. The normalized spacial score (nSPS) is 24.9. The molecular formula is C12H16BrNO2. The number of rotatable bonds is 4. The van der Waals surface area contributed by atoms with Crippen LogP contribution in [0, 0.1) is 0 Å². The van der Waals surface area contributed by atoms with E-state index in [1.807, 2.05) is 12.1 Å². The third-order valence-corrected chi connectivity index (χ3v) is 3.25. The molecule has 0 saturated carbocycles. The minimum Gasteiger partial charge on any atom is -0.386 e. The molecule has 1 saturated heterocycles. The van der Waals surface area contributed by atoms with Crippen molar-refractivity contribution in [3.05, 3.63) is 34.3 Å². The zero-order chi connectivity index (χ0) is 11.4. The molecule has 0 radical (unpaired) electrons. The summed E-state index contributed by atoms with van der Waals surface area (Å²) in [7, 11) is 0. The molecule has 1 aliphatic rings. The molecule has 2 rings (SSSR count). The Hall–Kier alpha value is -0.420. The van der Waals surface area contributed by atoms with Crippen LogP contribution in [0.4, 0.5) is 0 Å². The molecule has 0 spiro atoms. The smallest absolute Gasteiger partial charge is 0.102 e. The lowest BCUT2D eigenvalue weighted by Crippen LogP contribution is -2.40. The quantitative estimate of drug-likeness (QED) is 0.885. The van der Waals surface area contributed by atoms with Gasteiger partial charge < -0.3 is 15.2 Å². The van der Waals surface area contributed by atoms with Gasteiger partial charge in [-0.2, -0.15) is 0 Å². The fourth-order valence-electron chi connectivity index (χ4n) is 1.82. The van der Waals surface area contributed by atoms with Crippen molar-refractivity contribution < 1.29 is 9.84 Å². The summed E-state index contributed by atoms with van der Waals surface area (Å²) in [6, 6.07) is 8.14. The molecule has 2 N–H and O–H groups in total. The summed E-state index contributed by atoms with van der Waals surface area (Å²) >= 11 is 3.43. The second-order valence-electron chi connectivity index (χ2n) is 4.26. The van der Waals surface area contributed by atoms with Gasteiger partial charge in [-0.25, -0.2) is 0 Å². The monoisotopic (exact) mass is 285 g/mol. The Morgan fingerprint density at radius 3 is 3.06 bits per heavy atom. The first-order valence-electron chi connectivity index (χ1n) is 5.43. The minimum absolute atomic E-state index is 0.443. The van der Waals surface area contributed by atoms with Gasteiger partial charge in [0.2, 0.25) is 0 Å². The first-order valence-corrected chi connectivity index (χ1v) is 6.23. The second-order valence-corrected chi connectivity index (χ2v) is 5.18. The van der Waals surface area contributed by atoms with Gasteiger partial charge in [0.05, 0.1) is 6.61 Å². The van der Waals surface area contributed by atoms with Gasteiger partial charge in [0.15, 0.2) is 0 Å². The lowest BCUT2D eigenvalue weighted by molar-refractivity contribution is 0.0268. The Bertz CT molecular complexity index is 351. The van der Waals surface area contributed by atoms with Gasteiger partial charge in [-0.1, -0.05) is 28.1 Å².